The number of anilines is 1. The number of nitrogens with zero attached hydrogens (tertiary/aromatic N) is 4. The number of carbonyl (C=O) groups excluding carboxylic acids is 3. The molecule has 0 bridgehead atoms. The van der Waals surface area contributed by atoms with Gasteiger partial charge in [0.05, 0.1) is 19.5 Å². The van der Waals surface area contributed by atoms with Crippen LogP contribution < -0.4 is 49.5 Å². The van der Waals surface area contributed by atoms with E-state index in [-0.39, 0.29) is 60.1 Å². The first kappa shape index (κ1) is 73.2. The van der Waals surface area contributed by atoms with Gasteiger partial charge in [0.15, 0.2) is 22.8 Å². The van der Waals surface area contributed by atoms with Gasteiger partial charge in [0.1, 0.15) is 36.3 Å². The summed E-state index contributed by atoms with van der Waals surface area (Å²) in [7, 11) is -17.3. The van der Waals surface area contributed by atoms with Crippen molar-refractivity contribution in [1.29, 1.82) is 0 Å². The second kappa shape index (κ2) is 37.9. The van der Waals surface area contributed by atoms with Crippen LogP contribution in [-0.2, 0) is 50.7 Å². The van der Waals surface area contributed by atoms with Crippen LogP contribution in [0.15, 0.2) is 24.8 Å². The standard InChI is InChI=1S/C45H80N7O17P3S.3H3N/c1-4-5-6-7-8-9-10-11-12-13-14-15-16-17-18-19-20-21-22-23-24-25-36(54)73-29-28-47-35(53)26-27-48-43(57)40(56)45(2,3)31-66-72(63,64)69-71(61,62)65-30-34-39(68-70(58,59)60)38(55)44(67-34)52-33-51-37-41(46)49-32-50-42(37)52;;;/h11-12,32-34,38-40,44,55-56H,4-10,13-31H2,1-3H3,(H,47,53)(H,48,57)(H,61,62)(H,63,64)(H2,46,49,50)(H2,58,59,60);3*1H3/b12-11-;;;/t34-,38-,39-,40+,44-;;;/m1.../s1. The third-order valence-electron chi connectivity index (χ3n) is 11.9. The van der Waals surface area contributed by atoms with Crippen LogP contribution in [0.3, 0.4) is 0 Å². The van der Waals surface area contributed by atoms with Gasteiger partial charge in [-0.2, -0.15) is 0 Å². The molecule has 1 aliphatic rings. The lowest BCUT2D eigenvalue weighted by Gasteiger charge is -2.35. The van der Waals surface area contributed by atoms with E-state index in [1.807, 2.05) is 0 Å². The minimum absolute atomic E-state index is 0. The number of carbonyl (C=O) groups is 3. The number of ether oxygens (including phenoxy) is 1. The van der Waals surface area contributed by atoms with Crippen LogP contribution in [0.25, 0.3) is 11.2 Å². The van der Waals surface area contributed by atoms with Gasteiger partial charge in [-0.05, 0) is 32.1 Å². The van der Waals surface area contributed by atoms with Gasteiger partial charge in [-0.1, -0.05) is 135 Å². The maximum absolute atomic E-state index is 12.7. The molecule has 3 unspecified atom stereocenters. The first-order chi connectivity index (χ1) is 34.6. The Hall–Kier alpha value is -2.82. The number of hydrogen-bond acceptors (Lipinski definition) is 21. The lowest BCUT2D eigenvalue weighted by atomic mass is 9.87. The molecular formula is C45H89N10O17P3S. The molecule has 27 nitrogen and oxygen atoms in total. The topological polar surface area (TPSA) is 482 Å². The fourth-order valence-corrected chi connectivity index (χ4v) is 11.2. The summed E-state index contributed by atoms with van der Waals surface area (Å²) in [5.74, 6) is -1.11. The number of aliphatic hydroxyl groups excluding tert-OH is 2. The predicted octanol–water partition coefficient (Wildman–Crippen LogP) is 6.28. The van der Waals surface area contributed by atoms with E-state index in [1.165, 1.54) is 117 Å². The maximum atomic E-state index is 12.7. The second-order valence-electron chi connectivity index (χ2n) is 18.7. The zero-order valence-corrected chi connectivity index (χ0v) is 48.8. The van der Waals surface area contributed by atoms with Crippen molar-refractivity contribution >= 4 is 69.1 Å². The van der Waals surface area contributed by atoms with Crippen molar-refractivity contribution in [1.82, 2.24) is 48.6 Å². The Labute approximate surface area is 451 Å². The van der Waals surface area contributed by atoms with E-state index in [1.54, 1.807) is 0 Å². The van der Waals surface area contributed by atoms with Gasteiger partial charge >= 0.3 is 0 Å². The smallest absolute Gasteiger partial charge is 0.274 e. The minimum Gasteiger partial charge on any atom is -0.756 e. The number of allylic oxidation sites excluding steroid dienone is 2. The second-order valence-corrected chi connectivity index (χ2v) is 23.9. The summed E-state index contributed by atoms with van der Waals surface area (Å²) >= 11 is 1.15. The number of rotatable bonds is 40. The number of nitrogens with one attached hydrogen (secondary N) is 2. The van der Waals surface area contributed by atoms with Gasteiger partial charge < -0.3 is 82.9 Å². The SMILES string of the molecule is CCCCCCCC/C=C\CCCCCCCCCCCCCC(=O)SCCNC(=O)CCNC(=O)[C@H](O)C(C)(C)COP(=O)([O-])OP(=O)([O-])OC[C@H]1O[C@@H](n2cnc3c(N)ncnc32)[C@H](O)[C@@H]1OP(=O)([O-])O.[NH4+].[NH4+].[NH4+]. The maximum Gasteiger partial charge on any atom is 0.274 e. The number of phosphoric acid groups is 3. The van der Waals surface area contributed by atoms with Crippen LogP contribution in [0.2, 0.25) is 0 Å². The summed E-state index contributed by atoms with van der Waals surface area (Å²) < 4.78 is 61.3. The Kier molecular flexibility index (Phi) is 36.5. The first-order valence-electron chi connectivity index (χ1n) is 25.2. The number of hydrogen-bond donors (Lipinski definition) is 9. The van der Waals surface area contributed by atoms with Crippen molar-refractivity contribution in [2.24, 2.45) is 5.41 Å². The predicted molar refractivity (Wildman–Crippen MR) is 286 cm³/mol. The molecule has 1 saturated heterocycles. The highest BCUT2D eigenvalue weighted by Crippen LogP contribution is 2.56. The van der Waals surface area contributed by atoms with Crippen molar-refractivity contribution in [2.45, 2.75) is 186 Å². The van der Waals surface area contributed by atoms with Gasteiger partial charge in [-0.3, -0.25) is 32.6 Å². The normalized spacial score (nSPS) is 19.4. The van der Waals surface area contributed by atoms with Crippen molar-refractivity contribution in [2.75, 3.05) is 37.8 Å². The molecular weight excluding hydrogens is 1080 g/mol. The molecule has 19 N–H and O–H groups in total. The summed E-state index contributed by atoms with van der Waals surface area (Å²) in [6.07, 6.45) is 21.4. The third-order valence-corrected chi connectivity index (χ3v) is 15.8. The molecule has 2 amide bonds. The summed E-state index contributed by atoms with van der Waals surface area (Å²) in [5, 5.41) is 26.6. The van der Waals surface area contributed by atoms with Crippen LogP contribution in [0, 0.1) is 5.41 Å². The van der Waals surface area contributed by atoms with E-state index in [0.717, 1.165) is 48.2 Å². The highest BCUT2D eigenvalue weighted by molar-refractivity contribution is 8.13. The largest absolute Gasteiger partial charge is 0.756 e. The van der Waals surface area contributed by atoms with Crippen LogP contribution in [-0.4, -0.2) is 108 Å². The average molecular weight is 1170 g/mol. The molecule has 2 aromatic rings. The van der Waals surface area contributed by atoms with Crippen molar-refractivity contribution in [3.63, 3.8) is 0 Å². The molecule has 0 radical (unpaired) electrons. The van der Waals surface area contributed by atoms with Crippen LogP contribution in [0.4, 0.5) is 5.82 Å². The molecule has 1 aliphatic heterocycles. The summed E-state index contributed by atoms with van der Waals surface area (Å²) in [6, 6.07) is 0. The van der Waals surface area contributed by atoms with Crippen molar-refractivity contribution in [3.05, 3.63) is 24.8 Å². The molecule has 3 rings (SSSR count). The monoisotopic (exact) mass is 1170 g/mol. The lowest BCUT2D eigenvalue weighted by molar-refractivity contribution is -0.247. The quantitative estimate of drug-likeness (QED) is 0.0201. The number of nitrogen functional groups attached to an aromatic ring is 1. The Morgan fingerprint density at radius 3 is 1.96 bits per heavy atom. The number of nitrogens with two attached hydrogens (primary N) is 1. The average Bonchev–Trinajstić information content (AvgIpc) is 3.88. The Morgan fingerprint density at radius 1 is 0.829 bits per heavy atom. The molecule has 76 heavy (non-hydrogen) atoms. The van der Waals surface area contributed by atoms with Crippen molar-refractivity contribution in [3.8, 4) is 0 Å². The molecule has 0 aliphatic carbocycles. The first-order valence-corrected chi connectivity index (χ1v) is 30.6. The molecule has 0 spiro atoms. The van der Waals surface area contributed by atoms with Gasteiger partial charge in [0.2, 0.25) is 11.8 Å². The van der Waals surface area contributed by atoms with Crippen LogP contribution >= 0.6 is 35.2 Å². The molecule has 0 aromatic carbocycles. The highest BCUT2D eigenvalue weighted by atomic mass is 32.2. The zero-order valence-electron chi connectivity index (χ0n) is 45.3. The number of phosphoric ester groups is 3. The van der Waals surface area contributed by atoms with E-state index in [2.05, 4.69) is 62.5 Å². The molecule has 2 aromatic heterocycles. The van der Waals surface area contributed by atoms with Gasteiger partial charge in [-0.15, -0.1) is 0 Å². The molecule has 31 heteroatoms. The molecule has 3 heterocycles. The van der Waals surface area contributed by atoms with E-state index < -0.39 is 84.6 Å². The molecule has 8 atom stereocenters. The number of quaternary nitrogens is 3. The molecule has 1 fully saturated rings. The Morgan fingerprint density at radius 2 is 1.38 bits per heavy atom. The number of amides is 2. The molecule has 442 valence electrons. The van der Waals surface area contributed by atoms with E-state index in [9.17, 15) is 57.9 Å². The van der Waals surface area contributed by atoms with E-state index in [4.69, 9.17) is 10.5 Å². The third kappa shape index (κ3) is 28.9. The number of thioether (sulfide) groups is 1. The lowest BCUT2D eigenvalue weighted by Crippen LogP contribution is -2.46. The Balaban J connectivity index is 0.0000187. The van der Waals surface area contributed by atoms with Gasteiger partial charge in [0.25, 0.3) is 23.5 Å². The Bertz CT molecular complexity index is 2160. The van der Waals surface area contributed by atoms with E-state index in [0.29, 0.717) is 12.2 Å². The fraction of sp³-hybridized carbons (Fsp3) is 0.778. The van der Waals surface area contributed by atoms with Crippen LogP contribution in [0.5, 0.6) is 0 Å². The van der Waals surface area contributed by atoms with E-state index >= 15 is 0 Å². The minimum atomic E-state index is -5.91. The number of imidazole rings is 1. The molecule has 0 saturated carbocycles. The summed E-state index contributed by atoms with van der Waals surface area (Å²) in [6.45, 7) is 2.48. The number of unbranched alkanes of at least 4 members (excludes halogenated alkanes) is 17. The number of fused-ring (bicyclic) bond motifs is 1. The zero-order chi connectivity index (χ0) is 53.9. The van der Waals surface area contributed by atoms with Crippen molar-refractivity contribution < 1.29 is 80.5 Å². The number of aliphatic hydroxyl groups is 2. The summed E-state index contributed by atoms with van der Waals surface area (Å²) in [4.78, 5) is 95.1. The summed E-state index contributed by atoms with van der Waals surface area (Å²) in [5.41, 5.74) is 4.14. The van der Waals surface area contributed by atoms with Gasteiger partial charge in [-0.25, -0.2) is 19.3 Å². The van der Waals surface area contributed by atoms with Gasteiger partial charge in [0, 0.05) is 37.1 Å². The van der Waals surface area contributed by atoms with Crippen LogP contribution in [0.1, 0.15) is 162 Å². The highest BCUT2D eigenvalue weighted by Gasteiger charge is 2.48. The fourth-order valence-electron chi connectivity index (χ4n) is 7.75. The number of aromatic nitrogens is 4.